The monoisotopic (exact) mass is 354 g/mol. The van der Waals surface area contributed by atoms with Gasteiger partial charge in [-0.15, -0.1) is 0 Å². The lowest BCUT2D eigenvalue weighted by atomic mass is 10.2. The Balaban J connectivity index is 0.000000258. The molecule has 1 aliphatic rings. The Labute approximate surface area is 153 Å². The zero-order chi connectivity index (χ0) is 18.4. The molecule has 2 aromatic rings. The second-order valence-electron chi connectivity index (χ2n) is 5.84. The molecule has 136 valence electrons. The van der Waals surface area contributed by atoms with E-state index in [1.165, 1.54) is 12.1 Å². The van der Waals surface area contributed by atoms with E-state index in [9.17, 15) is 0 Å². The number of phenolic OH excluding ortho intramolecular Hbond substituents is 2. The number of benzene rings is 2. The van der Waals surface area contributed by atoms with Crippen molar-refractivity contribution < 1.29 is 19.7 Å². The van der Waals surface area contributed by atoms with Crippen molar-refractivity contribution in [1.82, 2.24) is 0 Å². The summed E-state index contributed by atoms with van der Waals surface area (Å²) in [7, 11) is 0. The van der Waals surface area contributed by atoms with Gasteiger partial charge in [-0.1, -0.05) is 7.43 Å². The van der Waals surface area contributed by atoms with Crippen LogP contribution in [0, 0.1) is 13.1 Å². The smallest absolute Gasteiger partial charge is 0.246 e. The van der Waals surface area contributed by atoms with Crippen LogP contribution in [0.3, 0.4) is 0 Å². The molecule has 0 saturated carbocycles. The van der Waals surface area contributed by atoms with Crippen molar-refractivity contribution in [1.29, 1.82) is 0 Å². The summed E-state index contributed by atoms with van der Waals surface area (Å²) in [5.41, 5.74) is 1.66. The lowest BCUT2D eigenvalue weighted by Gasteiger charge is -2.16. The maximum Gasteiger partial charge on any atom is 0.246 e. The molecule has 0 amide bonds. The molecule has 6 nitrogen and oxygen atoms in total. The molecule has 0 aromatic heterocycles. The SMILES string of the molecule is C.[C-]#[N+]Cc1ccc(O)c(O)c1.[C-]#[N+]Cc1ccc2c(c1)OC(C)(C)O2. The van der Waals surface area contributed by atoms with E-state index >= 15 is 0 Å². The predicted octanol–water partition coefficient (Wildman–Crippen LogP) is 4.77. The highest BCUT2D eigenvalue weighted by Crippen LogP contribution is 2.39. The Morgan fingerprint density at radius 3 is 1.96 bits per heavy atom. The van der Waals surface area contributed by atoms with Crippen LogP contribution >= 0.6 is 0 Å². The average Bonchev–Trinajstić information content (AvgIpc) is 2.85. The number of hydrogen-bond donors (Lipinski definition) is 2. The van der Waals surface area contributed by atoms with Crippen molar-refractivity contribution in [2.24, 2.45) is 0 Å². The number of hydrogen-bond acceptors (Lipinski definition) is 4. The van der Waals surface area contributed by atoms with Crippen LogP contribution in [0.1, 0.15) is 32.4 Å². The van der Waals surface area contributed by atoms with E-state index in [2.05, 4.69) is 9.69 Å². The van der Waals surface area contributed by atoms with E-state index in [0.29, 0.717) is 12.1 Å². The minimum absolute atomic E-state index is 0. The van der Waals surface area contributed by atoms with Crippen LogP contribution in [0.25, 0.3) is 9.69 Å². The molecule has 6 heteroatoms. The van der Waals surface area contributed by atoms with Crippen LogP contribution in [0.2, 0.25) is 0 Å². The minimum atomic E-state index is -0.584. The average molecular weight is 354 g/mol. The third kappa shape index (κ3) is 5.32. The maximum atomic E-state index is 8.97. The zero-order valence-corrected chi connectivity index (χ0v) is 14.0. The van der Waals surface area contributed by atoms with E-state index < -0.39 is 5.79 Å². The summed E-state index contributed by atoms with van der Waals surface area (Å²) in [6, 6.07) is 9.96. The summed E-state index contributed by atoms with van der Waals surface area (Å²) in [6.45, 7) is 17.7. The molecule has 26 heavy (non-hydrogen) atoms. The van der Waals surface area contributed by atoms with Gasteiger partial charge < -0.3 is 29.4 Å². The first-order valence-corrected chi connectivity index (χ1v) is 7.53. The fourth-order valence-corrected chi connectivity index (χ4v) is 2.22. The third-order valence-electron chi connectivity index (χ3n) is 3.28. The fourth-order valence-electron chi connectivity index (χ4n) is 2.22. The normalized spacial score (nSPS) is 12.6. The molecule has 0 aliphatic carbocycles. The predicted molar refractivity (Wildman–Crippen MR) is 98.9 cm³/mol. The summed E-state index contributed by atoms with van der Waals surface area (Å²) < 4.78 is 11.1. The highest BCUT2D eigenvalue weighted by molar-refractivity contribution is 5.46. The van der Waals surface area contributed by atoms with E-state index in [-0.39, 0.29) is 25.5 Å². The molecular formula is C20H22N2O4. The second kappa shape index (κ2) is 8.64. The molecule has 0 spiro atoms. The summed E-state index contributed by atoms with van der Waals surface area (Å²) in [4.78, 5) is 6.46. The molecule has 2 N–H and O–H groups in total. The number of aromatic hydroxyl groups is 2. The van der Waals surface area contributed by atoms with Gasteiger partial charge in [0.25, 0.3) is 0 Å². The number of ether oxygens (including phenoxy) is 2. The molecule has 2 aromatic carbocycles. The lowest BCUT2D eigenvalue weighted by molar-refractivity contribution is -0.0431. The Hall–Kier alpha value is -3.38. The molecule has 0 radical (unpaired) electrons. The zero-order valence-electron chi connectivity index (χ0n) is 14.0. The van der Waals surface area contributed by atoms with Crippen LogP contribution in [-0.2, 0) is 13.1 Å². The first kappa shape index (κ1) is 20.7. The molecule has 0 saturated heterocycles. The van der Waals surface area contributed by atoms with Crippen LogP contribution in [0.5, 0.6) is 23.0 Å². The lowest BCUT2D eigenvalue weighted by Crippen LogP contribution is -2.29. The van der Waals surface area contributed by atoms with E-state index in [4.69, 9.17) is 32.8 Å². The molecule has 1 aliphatic heterocycles. The second-order valence-corrected chi connectivity index (χ2v) is 5.84. The van der Waals surface area contributed by atoms with Gasteiger partial charge in [-0.2, -0.15) is 0 Å². The molecular weight excluding hydrogens is 332 g/mol. The molecule has 1 heterocycles. The molecule has 0 bridgehead atoms. The van der Waals surface area contributed by atoms with Crippen LogP contribution < -0.4 is 9.47 Å². The Kier molecular flexibility index (Phi) is 6.87. The van der Waals surface area contributed by atoms with Crippen molar-refractivity contribution >= 4 is 0 Å². The topological polar surface area (TPSA) is 67.6 Å². The first-order valence-electron chi connectivity index (χ1n) is 7.53. The van der Waals surface area contributed by atoms with Gasteiger partial charge >= 0.3 is 0 Å². The Bertz CT molecular complexity index is 848. The van der Waals surface area contributed by atoms with Gasteiger partial charge in [0.1, 0.15) is 0 Å². The van der Waals surface area contributed by atoms with E-state index in [0.717, 1.165) is 17.1 Å². The number of phenols is 2. The summed E-state index contributed by atoms with van der Waals surface area (Å²) in [6.07, 6.45) is 0. The molecule has 0 atom stereocenters. The van der Waals surface area contributed by atoms with Crippen molar-refractivity contribution in [2.75, 3.05) is 0 Å². The largest absolute Gasteiger partial charge is 0.504 e. The highest BCUT2D eigenvalue weighted by Gasteiger charge is 2.31. The van der Waals surface area contributed by atoms with Gasteiger partial charge in [-0.25, -0.2) is 13.1 Å². The van der Waals surface area contributed by atoms with Crippen molar-refractivity contribution in [3.05, 3.63) is 70.4 Å². The molecule has 0 fully saturated rings. The van der Waals surface area contributed by atoms with Gasteiger partial charge in [-0.05, 0) is 36.4 Å². The van der Waals surface area contributed by atoms with E-state index in [1.807, 2.05) is 32.0 Å². The standard InChI is InChI=1S/C11H11NO2.C8H7NO2.CH4/c1-11(2)13-9-5-4-8(7-12-3)6-10(9)14-11;1-9-5-6-2-3-7(10)8(11)4-6;/h4-6H,7H2,1-2H3;2-4,10-11H,5H2;1H4. The van der Waals surface area contributed by atoms with Crippen molar-refractivity contribution in [3.8, 4) is 23.0 Å². The first-order chi connectivity index (χ1) is 11.8. The number of rotatable bonds is 2. The van der Waals surface area contributed by atoms with Crippen LogP contribution in [0.15, 0.2) is 36.4 Å². The number of fused-ring (bicyclic) bond motifs is 1. The molecule has 3 rings (SSSR count). The van der Waals surface area contributed by atoms with Gasteiger partial charge in [0.2, 0.25) is 18.9 Å². The molecule has 0 unspecified atom stereocenters. The summed E-state index contributed by atoms with van der Waals surface area (Å²) in [5, 5.41) is 17.9. The van der Waals surface area contributed by atoms with Gasteiger partial charge in [-0.3, -0.25) is 0 Å². The Morgan fingerprint density at radius 2 is 1.38 bits per heavy atom. The number of nitrogens with zero attached hydrogens (tertiary/aromatic N) is 2. The van der Waals surface area contributed by atoms with Crippen molar-refractivity contribution in [2.45, 2.75) is 40.2 Å². The van der Waals surface area contributed by atoms with Crippen molar-refractivity contribution in [3.63, 3.8) is 0 Å². The third-order valence-corrected chi connectivity index (χ3v) is 3.28. The maximum absolute atomic E-state index is 8.97. The van der Waals surface area contributed by atoms with Crippen LogP contribution in [0.4, 0.5) is 0 Å². The van der Waals surface area contributed by atoms with E-state index in [1.54, 1.807) is 6.07 Å². The summed E-state index contributed by atoms with van der Waals surface area (Å²) >= 11 is 0. The van der Waals surface area contributed by atoms with Gasteiger partial charge in [0, 0.05) is 25.0 Å². The van der Waals surface area contributed by atoms with Gasteiger partial charge in [0.15, 0.2) is 23.0 Å². The highest BCUT2D eigenvalue weighted by atomic mass is 16.7. The summed E-state index contributed by atoms with van der Waals surface area (Å²) in [5.74, 6) is 0.573. The minimum Gasteiger partial charge on any atom is -0.504 e. The quantitative estimate of drug-likeness (QED) is 0.602. The Morgan fingerprint density at radius 1 is 0.846 bits per heavy atom. The van der Waals surface area contributed by atoms with Crippen LogP contribution in [-0.4, -0.2) is 16.0 Å². The fraction of sp³-hybridized carbons (Fsp3) is 0.300. The van der Waals surface area contributed by atoms with Gasteiger partial charge in [0.05, 0.1) is 0 Å².